The highest BCUT2D eigenvalue weighted by Crippen LogP contribution is 2.23. The number of hydrogen-bond donors (Lipinski definition) is 4. The molecule has 0 radical (unpaired) electrons. The first-order valence-electron chi connectivity index (χ1n) is 9.02. The van der Waals surface area contributed by atoms with Gasteiger partial charge < -0.3 is 21.1 Å². The third kappa shape index (κ3) is 7.75. The summed E-state index contributed by atoms with van der Waals surface area (Å²) < 4.78 is 31.9. The van der Waals surface area contributed by atoms with Crippen molar-refractivity contribution in [3.8, 4) is 11.5 Å². The first kappa shape index (κ1) is 26.2. The summed E-state index contributed by atoms with van der Waals surface area (Å²) in [4.78, 5) is 12.4. The minimum absolute atomic E-state index is 0. The molecule has 8 nitrogen and oxygen atoms in total. The zero-order valence-corrected chi connectivity index (χ0v) is 18.6. The van der Waals surface area contributed by atoms with Crippen molar-refractivity contribution >= 4 is 46.4 Å². The highest BCUT2D eigenvalue weighted by atomic mass is 35.5. The lowest BCUT2D eigenvalue weighted by Gasteiger charge is -2.13. The number of benzene rings is 2. The van der Waals surface area contributed by atoms with Crippen molar-refractivity contribution in [2.45, 2.75) is 18.5 Å². The molecule has 166 valence electrons. The highest BCUT2D eigenvalue weighted by Gasteiger charge is 2.31. The Morgan fingerprint density at radius 1 is 1.07 bits per heavy atom. The van der Waals surface area contributed by atoms with Gasteiger partial charge in [-0.15, -0.1) is 24.8 Å². The molecule has 0 aliphatic carbocycles. The lowest BCUT2D eigenvalue weighted by Crippen LogP contribution is -2.39. The van der Waals surface area contributed by atoms with E-state index < -0.39 is 16.1 Å². The van der Waals surface area contributed by atoms with Gasteiger partial charge in [-0.3, -0.25) is 4.79 Å². The van der Waals surface area contributed by atoms with Crippen LogP contribution in [0.5, 0.6) is 11.5 Å². The van der Waals surface area contributed by atoms with Gasteiger partial charge in [-0.1, -0.05) is 18.2 Å². The average molecular weight is 477 g/mol. The normalized spacial score (nSPS) is 18.0. The summed E-state index contributed by atoms with van der Waals surface area (Å²) in [5.74, 6) is 1.06. The van der Waals surface area contributed by atoms with Gasteiger partial charge in [-0.2, -0.15) is 0 Å². The van der Waals surface area contributed by atoms with Crippen LogP contribution in [0.25, 0.3) is 0 Å². The van der Waals surface area contributed by atoms with Crippen molar-refractivity contribution in [2.75, 3.05) is 24.2 Å². The molecule has 0 saturated carbocycles. The third-order valence-corrected chi connectivity index (χ3v) is 5.75. The highest BCUT2D eigenvalue weighted by molar-refractivity contribution is 7.89. The summed E-state index contributed by atoms with van der Waals surface area (Å²) in [6.45, 7) is 0.453. The van der Waals surface area contributed by atoms with Crippen LogP contribution in [0.15, 0.2) is 54.6 Å². The molecule has 1 amide bonds. The zero-order chi connectivity index (χ0) is 20.0. The van der Waals surface area contributed by atoms with Crippen LogP contribution in [0.4, 0.5) is 5.69 Å². The van der Waals surface area contributed by atoms with Gasteiger partial charge in [0, 0.05) is 24.8 Å². The van der Waals surface area contributed by atoms with Crippen LogP contribution in [-0.4, -0.2) is 45.3 Å². The van der Waals surface area contributed by atoms with Crippen LogP contribution in [0.3, 0.4) is 0 Å². The van der Waals surface area contributed by atoms with Crippen molar-refractivity contribution in [1.82, 2.24) is 10.0 Å². The Morgan fingerprint density at radius 3 is 2.33 bits per heavy atom. The van der Waals surface area contributed by atoms with Crippen molar-refractivity contribution in [3.63, 3.8) is 0 Å². The summed E-state index contributed by atoms with van der Waals surface area (Å²) in [6.07, 6.45) is 0.380. The maximum atomic E-state index is 12.4. The molecular weight excluding hydrogens is 451 g/mol. The van der Waals surface area contributed by atoms with E-state index in [0.29, 0.717) is 24.4 Å². The first-order chi connectivity index (χ1) is 13.4. The molecule has 0 bridgehead atoms. The first-order valence-corrected chi connectivity index (χ1v) is 10.7. The Morgan fingerprint density at radius 2 is 1.70 bits per heavy atom. The van der Waals surface area contributed by atoms with Gasteiger partial charge in [0.2, 0.25) is 15.9 Å². The smallest absolute Gasteiger partial charge is 0.241 e. The van der Waals surface area contributed by atoms with Crippen LogP contribution in [-0.2, 0) is 14.8 Å². The number of anilines is 1. The van der Waals surface area contributed by atoms with E-state index in [0.717, 1.165) is 5.75 Å². The van der Waals surface area contributed by atoms with Crippen LogP contribution in [0, 0.1) is 0 Å². The molecule has 1 fully saturated rings. The van der Waals surface area contributed by atoms with Crippen molar-refractivity contribution in [3.05, 3.63) is 54.6 Å². The Balaban J connectivity index is 0.00000225. The number of para-hydroxylation sites is 1. The Kier molecular flexibility index (Phi) is 10.5. The number of sulfonamides is 1. The molecule has 2 atom stereocenters. The topological polar surface area (TPSA) is 123 Å². The summed E-state index contributed by atoms with van der Waals surface area (Å²) in [5.41, 5.74) is 5.93. The zero-order valence-electron chi connectivity index (χ0n) is 16.1. The molecule has 0 aromatic heterocycles. The summed E-state index contributed by atoms with van der Waals surface area (Å²) in [6, 6.07) is 15.7. The Bertz CT molecular complexity index is 899. The average Bonchev–Trinajstić information content (AvgIpc) is 3.12. The maximum Gasteiger partial charge on any atom is 0.241 e. The van der Waals surface area contributed by atoms with E-state index in [4.69, 9.17) is 10.5 Å². The number of ether oxygens (including phenoxy) is 1. The van der Waals surface area contributed by atoms with E-state index in [1.807, 2.05) is 30.3 Å². The van der Waals surface area contributed by atoms with Gasteiger partial charge in [0.25, 0.3) is 0 Å². The molecule has 2 aromatic rings. The molecule has 1 aliphatic heterocycles. The molecular formula is C19H26Cl2N4O4S. The number of nitrogens with two attached hydrogens (primary N) is 1. The monoisotopic (exact) mass is 476 g/mol. The van der Waals surface area contributed by atoms with Gasteiger partial charge in [-0.25, -0.2) is 13.1 Å². The lowest BCUT2D eigenvalue weighted by molar-refractivity contribution is -0.117. The molecule has 1 aliphatic rings. The molecule has 0 spiro atoms. The lowest BCUT2D eigenvalue weighted by atomic mass is 10.1. The molecule has 2 aromatic carbocycles. The van der Waals surface area contributed by atoms with Crippen LogP contribution in [0.2, 0.25) is 0 Å². The summed E-state index contributed by atoms with van der Waals surface area (Å²) in [7, 11) is -3.41. The van der Waals surface area contributed by atoms with Crippen molar-refractivity contribution < 1.29 is 17.9 Å². The van der Waals surface area contributed by atoms with Gasteiger partial charge >= 0.3 is 0 Å². The molecule has 30 heavy (non-hydrogen) atoms. The van der Waals surface area contributed by atoms with Crippen LogP contribution in [0.1, 0.15) is 6.42 Å². The maximum absolute atomic E-state index is 12.4. The van der Waals surface area contributed by atoms with Gasteiger partial charge in [-0.05, 0) is 42.8 Å². The van der Waals surface area contributed by atoms with E-state index in [1.54, 1.807) is 24.3 Å². The molecule has 5 N–H and O–H groups in total. The Labute approximate surface area is 188 Å². The fourth-order valence-electron chi connectivity index (χ4n) is 2.95. The predicted molar refractivity (Wildman–Crippen MR) is 122 cm³/mol. The number of carbonyl (C=O) groups is 1. The second-order valence-corrected chi connectivity index (χ2v) is 8.42. The fourth-order valence-corrected chi connectivity index (χ4v) is 4.07. The number of rotatable bonds is 8. The minimum Gasteiger partial charge on any atom is -0.457 e. The molecule has 11 heteroatoms. The standard InChI is InChI=1S/C19H24N4O4S.2ClH/c20-10-11-28(25,26)23-15-12-18(21-13-15)19(24)22-14-6-8-17(9-7-14)27-16-4-2-1-3-5-16;;/h1-9,15,18,21,23H,10-13,20H2,(H,22,24);2*1H/t15-,18+;;/m1../s1. The third-order valence-electron chi connectivity index (χ3n) is 4.28. The van der Waals surface area contributed by atoms with Crippen molar-refractivity contribution in [1.29, 1.82) is 0 Å². The number of hydrogen-bond acceptors (Lipinski definition) is 6. The molecule has 0 unspecified atom stereocenters. The predicted octanol–water partition coefficient (Wildman–Crippen LogP) is 1.87. The quantitative estimate of drug-likeness (QED) is 0.461. The molecule has 3 rings (SSSR count). The number of carbonyl (C=O) groups excluding carboxylic acids is 1. The van der Waals surface area contributed by atoms with E-state index in [-0.39, 0.29) is 49.1 Å². The van der Waals surface area contributed by atoms with Crippen molar-refractivity contribution in [2.24, 2.45) is 5.73 Å². The number of amides is 1. The SMILES string of the molecule is Cl.Cl.NCCS(=O)(=O)N[C@H]1CN[C@H](C(=O)Nc2ccc(Oc3ccccc3)cc2)C1. The van der Waals surface area contributed by atoms with Gasteiger partial charge in [0.15, 0.2) is 0 Å². The number of nitrogens with one attached hydrogen (secondary N) is 3. The fraction of sp³-hybridized carbons (Fsp3) is 0.316. The summed E-state index contributed by atoms with van der Waals surface area (Å²) in [5, 5.41) is 5.87. The molecule has 1 saturated heterocycles. The minimum atomic E-state index is -3.41. The largest absolute Gasteiger partial charge is 0.457 e. The van der Waals surface area contributed by atoms with Gasteiger partial charge in [0.1, 0.15) is 11.5 Å². The van der Waals surface area contributed by atoms with E-state index in [9.17, 15) is 13.2 Å². The molecule has 1 heterocycles. The summed E-state index contributed by atoms with van der Waals surface area (Å²) >= 11 is 0. The van der Waals surface area contributed by atoms with Gasteiger partial charge in [0.05, 0.1) is 11.8 Å². The Hall–Kier alpha value is -1.88. The van der Waals surface area contributed by atoms with E-state index in [1.165, 1.54) is 0 Å². The van der Waals surface area contributed by atoms with E-state index >= 15 is 0 Å². The van der Waals surface area contributed by atoms with Crippen LogP contribution < -0.4 is 25.8 Å². The van der Waals surface area contributed by atoms with Crippen LogP contribution >= 0.6 is 24.8 Å². The second-order valence-electron chi connectivity index (χ2n) is 6.55. The van der Waals surface area contributed by atoms with E-state index in [2.05, 4.69) is 15.4 Å². The second kappa shape index (κ2) is 12.1. The number of halogens is 2.